The van der Waals surface area contributed by atoms with Crippen molar-refractivity contribution < 1.29 is 9.59 Å². The lowest BCUT2D eigenvalue weighted by molar-refractivity contribution is -0.111. The van der Waals surface area contributed by atoms with Crippen molar-refractivity contribution >= 4 is 35.2 Å². The van der Waals surface area contributed by atoms with Gasteiger partial charge >= 0.3 is 0 Å². The molecule has 0 saturated carbocycles. The first kappa shape index (κ1) is 10.1. The molecule has 0 spiro atoms. The maximum absolute atomic E-state index is 10.2. The average molecular weight is 254 g/mol. The Labute approximate surface area is 74.5 Å². The van der Waals surface area contributed by atoms with Crippen molar-refractivity contribution in [3.8, 4) is 0 Å². The van der Waals surface area contributed by atoms with E-state index in [1.165, 1.54) is 0 Å². The first-order chi connectivity index (χ1) is 4.70. The summed E-state index contributed by atoms with van der Waals surface area (Å²) in [7, 11) is 0. The van der Waals surface area contributed by atoms with Crippen molar-refractivity contribution in [2.45, 2.75) is 23.7 Å². The summed E-state index contributed by atoms with van der Waals surface area (Å²) in [5.74, 6) is 0.0850. The number of halogens is 1. The van der Waals surface area contributed by atoms with E-state index in [4.69, 9.17) is 0 Å². The van der Waals surface area contributed by atoms with Crippen LogP contribution >= 0.6 is 22.6 Å². The third kappa shape index (κ3) is 4.90. The lowest BCUT2D eigenvalue weighted by atomic mass is 10.1. The van der Waals surface area contributed by atoms with Gasteiger partial charge in [0.1, 0.15) is 12.6 Å². The molecule has 0 aliphatic heterocycles. The number of alkyl halides is 1. The Morgan fingerprint density at radius 2 is 2.10 bits per heavy atom. The molecule has 3 heteroatoms. The van der Waals surface area contributed by atoms with Crippen LogP contribution in [0, 0.1) is 5.92 Å². The molecule has 0 aliphatic carbocycles. The van der Waals surface area contributed by atoms with E-state index in [9.17, 15) is 9.59 Å². The van der Waals surface area contributed by atoms with Crippen LogP contribution < -0.4 is 0 Å². The van der Waals surface area contributed by atoms with E-state index < -0.39 is 0 Å². The van der Waals surface area contributed by atoms with Crippen LogP contribution in [0.1, 0.15) is 19.8 Å². The van der Waals surface area contributed by atoms with Gasteiger partial charge in [-0.3, -0.25) is 0 Å². The Hall–Kier alpha value is 0.0700. The maximum atomic E-state index is 10.2. The second-order valence-electron chi connectivity index (χ2n) is 2.35. The largest absolute Gasteiger partial charge is 0.303 e. The van der Waals surface area contributed by atoms with Crippen LogP contribution in [0.2, 0.25) is 0 Å². The van der Waals surface area contributed by atoms with Crippen molar-refractivity contribution in [1.82, 2.24) is 0 Å². The molecule has 0 rings (SSSR count). The Morgan fingerprint density at radius 1 is 1.50 bits per heavy atom. The van der Waals surface area contributed by atoms with Gasteiger partial charge in [0.15, 0.2) is 0 Å². The fraction of sp³-hybridized carbons (Fsp3) is 0.714. The van der Waals surface area contributed by atoms with Crippen LogP contribution in [0.25, 0.3) is 0 Å². The lowest BCUT2D eigenvalue weighted by Crippen LogP contribution is -2.06. The van der Waals surface area contributed by atoms with Gasteiger partial charge in [-0.15, -0.1) is 0 Å². The minimum Gasteiger partial charge on any atom is -0.303 e. The van der Waals surface area contributed by atoms with Crippen molar-refractivity contribution in [3.05, 3.63) is 0 Å². The fourth-order valence-electron chi connectivity index (χ4n) is 0.660. The molecule has 0 N–H and O–H groups in total. The predicted octanol–water partition coefficient (Wildman–Crippen LogP) is 1.60. The SMILES string of the molecule is CC(C=O)CC(I)CC=O. The monoisotopic (exact) mass is 254 g/mol. The molecule has 0 amide bonds. The number of carbonyl (C=O) groups excluding carboxylic acids is 2. The highest BCUT2D eigenvalue weighted by Gasteiger charge is 2.07. The highest BCUT2D eigenvalue weighted by molar-refractivity contribution is 14.1. The fourth-order valence-corrected chi connectivity index (χ4v) is 1.67. The van der Waals surface area contributed by atoms with Crippen LogP contribution in [0.3, 0.4) is 0 Å². The van der Waals surface area contributed by atoms with Gasteiger partial charge in [0.2, 0.25) is 0 Å². The third-order valence-electron chi connectivity index (χ3n) is 1.21. The summed E-state index contributed by atoms with van der Waals surface area (Å²) < 4.78 is 0.315. The van der Waals surface area contributed by atoms with Gasteiger partial charge in [-0.1, -0.05) is 29.5 Å². The summed E-state index contributed by atoms with van der Waals surface area (Å²) in [4.78, 5) is 20.1. The zero-order valence-corrected chi connectivity index (χ0v) is 8.08. The Balaban J connectivity index is 3.45. The zero-order chi connectivity index (χ0) is 7.98. The van der Waals surface area contributed by atoms with Crippen LogP contribution in [0.15, 0.2) is 0 Å². The first-order valence-electron chi connectivity index (χ1n) is 3.23. The third-order valence-corrected chi connectivity index (χ3v) is 2.23. The molecule has 58 valence electrons. The molecule has 0 heterocycles. The molecular weight excluding hydrogens is 243 g/mol. The molecule has 0 aromatic rings. The molecule has 10 heavy (non-hydrogen) atoms. The molecule has 0 aliphatic rings. The smallest absolute Gasteiger partial charge is 0.122 e. The molecule has 0 fully saturated rings. The molecule has 2 unspecified atom stereocenters. The van der Waals surface area contributed by atoms with Gasteiger partial charge in [-0.25, -0.2) is 0 Å². The highest BCUT2D eigenvalue weighted by Crippen LogP contribution is 2.14. The molecule has 0 radical (unpaired) electrons. The highest BCUT2D eigenvalue weighted by atomic mass is 127. The van der Waals surface area contributed by atoms with Gasteiger partial charge in [0.25, 0.3) is 0 Å². The van der Waals surface area contributed by atoms with Crippen molar-refractivity contribution in [2.24, 2.45) is 5.92 Å². The summed E-state index contributed by atoms with van der Waals surface area (Å²) in [6.07, 6.45) is 3.19. The van der Waals surface area contributed by atoms with Gasteiger partial charge < -0.3 is 9.59 Å². The number of hydrogen-bond donors (Lipinski definition) is 0. The predicted molar refractivity (Wildman–Crippen MR) is 48.3 cm³/mol. The second kappa shape index (κ2) is 5.82. The molecule has 0 bridgehead atoms. The van der Waals surface area contributed by atoms with E-state index in [0.29, 0.717) is 10.3 Å². The van der Waals surface area contributed by atoms with Gasteiger partial charge in [-0.2, -0.15) is 0 Å². The first-order valence-corrected chi connectivity index (χ1v) is 4.48. The Bertz CT molecular complexity index is 114. The average Bonchev–Trinajstić information content (AvgIpc) is 1.88. The van der Waals surface area contributed by atoms with Crippen LogP contribution in [0.4, 0.5) is 0 Å². The standard InChI is InChI=1S/C7H11IO2/c1-6(5-10)4-7(8)2-3-9/h3,5-7H,2,4H2,1H3. The number of hydrogen-bond acceptors (Lipinski definition) is 2. The molecular formula is C7H11IO2. The lowest BCUT2D eigenvalue weighted by Gasteiger charge is -2.06. The normalized spacial score (nSPS) is 15.8. The van der Waals surface area contributed by atoms with E-state index in [1.807, 2.05) is 6.92 Å². The number of carbonyl (C=O) groups is 2. The van der Waals surface area contributed by atoms with E-state index in [1.54, 1.807) is 0 Å². The van der Waals surface area contributed by atoms with Gasteiger partial charge in [0.05, 0.1) is 0 Å². The van der Waals surface area contributed by atoms with Crippen LogP contribution in [-0.2, 0) is 9.59 Å². The van der Waals surface area contributed by atoms with E-state index in [0.717, 1.165) is 19.0 Å². The molecule has 0 saturated heterocycles. The molecule has 0 aromatic carbocycles. The summed E-state index contributed by atoms with van der Waals surface area (Å²) in [6.45, 7) is 1.86. The summed E-state index contributed by atoms with van der Waals surface area (Å²) in [6, 6.07) is 0. The quantitative estimate of drug-likeness (QED) is 0.424. The van der Waals surface area contributed by atoms with E-state index in [-0.39, 0.29) is 5.92 Å². The summed E-state index contributed by atoms with van der Waals surface area (Å²) >= 11 is 2.19. The van der Waals surface area contributed by atoms with E-state index in [2.05, 4.69) is 22.6 Å². The topological polar surface area (TPSA) is 34.1 Å². The van der Waals surface area contributed by atoms with Gasteiger partial charge in [0, 0.05) is 16.3 Å². The second-order valence-corrected chi connectivity index (χ2v) is 4.11. The molecule has 0 aromatic heterocycles. The number of aldehydes is 2. The number of rotatable bonds is 5. The minimum atomic E-state index is 0.0850. The Kier molecular flexibility index (Phi) is 5.87. The van der Waals surface area contributed by atoms with Crippen LogP contribution in [-0.4, -0.2) is 16.5 Å². The van der Waals surface area contributed by atoms with Crippen molar-refractivity contribution in [2.75, 3.05) is 0 Å². The maximum Gasteiger partial charge on any atom is 0.122 e. The zero-order valence-electron chi connectivity index (χ0n) is 5.92. The summed E-state index contributed by atoms with van der Waals surface area (Å²) in [5.41, 5.74) is 0. The summed E-state index contributed by atoms with van der Waals surface area (Å²) in [5, 5.41) is 0. The minimum absolute atomic E-state index is 0.0850. The van der Waals surface area contributed by atoms with Crippen molar-refractivity contribution in [1.29, 1.82) is 0 Å². The van der Waals surface area contributed by atoms with Gasteiger partial charge in [-0.05, 0) is 6.42 Å². The molecule has 2 nitrogen and oxygen atoms in total. The Morgan fingerprint density at radius 3 is 2.50 bits per heavy atom. The van der Waals surface area contributed by atoms with Crippen LogP contribution in [0.5, 0.6) is 0 Å². The van der Waals surface area contributed by atoms with Crippen molar-refractivity contribution in [3.63, 3.8) is 0 Å². The van der Waals surface area contributed by atoms with E-state index >= 15 is 0 Å². The molecule has 2 atom stereocenters.